The number of carbonyl (C=O) groups is 1. The number of halogens is 1. The Balaban J connectivity index is 2.19. The lowest BCUT2D eigenvalue weighted by Crippen LogP contribution is -2.29. The minimum atomic E-state index is -0.247. The van der Waals surface area contributed by atoms with Gasteiger partial charge in [0.2, 0.25) is 5.91 Å². The zero-order chi connectivity index (χ0) is 15.5. The smallest absolute Gasteiger partial charge is 0.220 e. The van der Waals surface area contributed by atoms with Crippen LogP contribution in [0, 0.1) is 11.7 Å². The lowest BCUT2D eigenvalue weighted by molar-refractivity contribution is -0.120. The van der Waals surface area contributed by atoms with E-state index < -0.39 is 0 Å². The summed E-state index contributed by atoms with van der Waals surface area (Å²) < 4.78 is 12.7. The molecule has 1 amide bonds. The SMILES string of the molecule is CCCC(CCO)CNC(=O)CCSc1ccc(F)cc1. The first kappa shape index (κ1) is 18.0. The minimum absolute atomic E-state index is 0.0312. The van der Waals surface area contributed by atoms with Gasteiger partial charge in [-0.1, -0.05) is 13.3 Å². The fourth-order valence-electron chi connectivity index (χ4n) is 2.08. The van der Waals surface area contributed by atoms with Gasteiger partial charge in [0.15, 0.2) is 0 Å². The number of amides is 1. The molecular weight excluding hydrogens is 289 g/mol. The van der Waals surface area contributed by atoms with Crippen LogP contribution in [-0.2, 0) is 4.79 Å². The Morgan fingerprint density at radius 2 is 2.05 bits per heavy atom. The van der Waals surface area contributed by atoms with Gasteiger partial charge in [-0.15, -0.1) is 11.8 Å². The summed E-state index contributed by atoms with van der Waals surface area (Å²) in [7, 11) is 0. The first-order valence-electron chi connectivity index (χ1n) is 7.41. The Bertz CT molecular complexity index is 405. The van der Waals surface area contributed by atoms with Crippen molar-refractivity contribution in [2.24, 2.45) is 5.92 Å². The molecule has 2 N–H and O–H groups in total. The van der Waals surface area contributed by atoms with Gasteiger partial charge in [-0.25, -0.2) is 4.39 Å². The number of nitrogens with one attached hydrogen (secondary N) is 1. The molecule has 0 radical (unpaired) electrons. The summed E-state index contributed by atoms with van der Waals surface area (Å²) in [6.45, 7) is 2.90. The number of aliphatic hydroxyl groups is 1. The summed E-state index contributed by atoms with van der Waals surface area (Å²) in [6.07, 6.45) is 3.25. The van der Waals surface area contributed by atoms with E-state index in [1.807, 2.05) is 0 Å². The van der Waals surface area contributed by atoms with Gasteiger partial charge in [-0.2, -0.15) is 0 Å². The molecule has 0 spiro atoms. The number of carbonyl (C=O) groups excluding carboxylic acids is 1. The maximum atomic E-state index is 12.7. The molecule has 21 heavy (non-hydrogen) atoms. The van der Waals surface area contributed by atoms with Crippen LogP contribution in [0.15, 0.2) is 29.2 Å². The van der Waals surface area contributed by atoms with Crippen molar-refractivity contribution in [3.63, 3.8) is 0 Å². The van der Waals surface area contributed by atoms with E-state index in [0.29, 0.717) is 24.6 Å². The number of hydrogen-bond donors (Lipinski definition) is 2. The van der Waals surface area contributed by atoms with E-state index in [4.69, 9.17) is 5.11 Å². The van der Waals surface area contributed by atoms with Crippen LogP contribution in [0.1, 0.15) is 32.6 Å². The molecule has 0 bridgehead atoms. The second-order valence-corrected chi connectivity index (χ2v) is 6.19. The monoisotopic (exact) mass is 313 g/mol. The number of benzene rings is 1. The number of hydrogen-bond acceptors (Lipinski definition) is 3. The predicted molar refractivity (Wildman–Crippen MR) is 84.9 cm³/mol. The average molecular weight is 313 g/mol. The molecule has 1 rings (SSSR count). The molecule has 0 aromatic heterocycles. The van der Waals surface area contributed by atoms with Gasteiger partial charge in [-0.3, -0.25) is 4.79 Å². The summed E-state index contributed by atoms with van der Waals surface area (Å²) in [4.78, 5) is 12.7. The fraction of sp³-hybridized carbons (Fsp3) is 0.562. The Morgan fingerprint density at radius 1 is 1.33 bits per heavy atom. The second kappa shape index (κ2) is 10.6. The van der Waals surface area contributed by atoms with Crippen molar-refractivity contribution in [3.05, 3.63) is 30.1 Å². The van der Waals surface area contributed by atoms with Gasteiger partial charge in [0, 0.05) is 30.2 Å². The van der Waals surface area contributed by atoms with Gasteiger partial charge in [0.1, 0.15) is 5.82 Å². The normalized spacial score (nSPS) is 12.1. The van der Waals surface area contributed by atoms with E-state index in [1.165, 1.54) is 12.1 Å². The highest BCUT2D eigenvalue weighted by Crippen LogP contribution is 2.18. The lowest BCUT2D eigenvalue weighted by Gasteiger charge is -2.15. The van der Waals surface area contributed by atoms with Crippen LogP contribution < -0.4 is 5.32 Å². The molecule has 1 atom stereocenters. The van der Waals surface area contributed by atoms with E-state index in [-0.39, 0.29) is 18.3 Å². The molecule has 0 heterocycles. The minimum Gasteiger partial charge on any atom is -0.396 e. The van der Waals surface area contributed by atoms with Crippen LogP contribution in [-0.4, -0.2) is 29.9 Å². The molecule has 118 valence electrons. The van der Waals surface area contributed by atoms with Crippen molar-refractivity contribution in [2.75, 3.05) is 18.9 Å². The highest BCUT2D eigenvalue weighted by Gasteiger charge is 2.09. The van der Waals surface area contributed by atoms with Crippen molar-refractivity contribution in [3.8, 4) is 0 Å². The molecule has 0 aliphatic carbocycles. The maximum absolute atomic E-state index is 12.7. The third-order valence-electron chi connectivity index (χ3n) is 3.23. The van der Waals surface area contributed by atoms with Crippen molar-refractivity contribution < 1.29 is 14.3 Å². The standard InChI is InChI=1S/C16H24FNO2S/c1-2-3-13(8-10-19)12-18-16(20)9-11-21-15-6-4-14(17)5-7-15/h4-7,13,19H,2-3,8-12H2,1H3,(H,18,20). The number of thioether (sulfide) groups is 1. The van der Waals surface area contributed by atoms with Crippen molar-refractivity contribution in [1.29, 1.82) is 0 Å². The number of rotatable bonds is 10. The highest BCUT2D eigenvalue weighted by molar-refractivity contribution is 7.99. The van der Waals surface area contributed by atoms with Crippen LogP contribution in [0.25, 0.3) is 0 Å². The Hall–Kier alpha value is -1.07. The quantitative estimate of drug-likeness (QED) is 0.652. The fourth-order valence-corrected chi connectivity index (χ4v) is 2.93. The molecule has 1 aromatic rings. The van der Waals surface area contributed by atoms with E-state index in [0.717, 1.165) is 24.2 Å². The third-order valence-corrected chi connectivity index (χ3v) is 4.25. The summed E-state index contributed by atoms with van der Waals surface area (Å²) in [5.41, 5.74) is 0. The first-order valence-corrected chi connectivity index (χ1v) is 8.40. The topological polar surface area (TPSA) is 49.3 Å². The van der Waals surface area contributed by atoms with Crippen LogP contribution in [0.3, 0.4) is 0 Å². The lowest BCUT2D eigenvalue weighted by atomic mass is 10.0. The maximum Gasteiger partial charge on any atom is 0.220 e. The predicted octanol–water partition coefficient (Wildman–Crippen LogP) is 3.22. The van der Waals surface area contributed by atoms with Crippen molar-refractivity contribution in [2.45, 2.75) is 37.5 Å². The molecule has 0 saturated heterocycles. The average Bonchev–Trinajstić information content (AvgIpc) is 2.47. The Morgan fingerprint density at radius 3 is 2.67 bits per heavy atom. The Kier molecular flexibility index (Phi) is 9.10. The van der Waals surface area contributed by atoms with Crippen LogP contribution in [0.2, 0.25) is 0 Å². The summed E-state index contributed by atoms with van der Waals surface area (Å²) in [5.74, 6) is 0.816. The zero-order valence-electron chi connectivity index (χ0n) is 12.5. The highest BCUT2D eigenvalue weighted by atomic mass is 32.2. The third kappa shape index (κ3) is 8.07. The van der Waals surface area contributed by atoms with Gasteiger partial charge < -0.3 is 10.4 Å². The zero-order valence-corrected chi connectivity index (χ0v) is 13.3. The summed E-state index contributed by atoms with van der Waals surface area (Å²) in [5, 5.41) is 11.9. The van der Waals surface area contributed by atoms with Gasteiger partial charge in [-0.05, 0) is 43.0 Å². The van der Waals surface area contributed by atoms with Crippen LogP contribution in [0.5, 0.6) is 0 Å². The largest absolute Gasteiger partial charge is 0.396 e. The van der Waals surface area contributed by atoms with E-state index in [2.05, 4.69) is 12.2 Å². The molecule has 0 fully saturated rings. The van der Waals surface area contributed by atoms with Crippen LogP contribution in [0.4, 0.5) is 4.39 Å². The molecular formula is C16H24FNO2S. The summed E-state index contributed by atoms with van der Waals surface area (Å²) in [6, 6.07) is 6.28. The molecule has 1 unspecified atom stereocenters. The first-order chi connectivity index (χ1) is 10.2. The van der Waals surface area contributed by atoms with E-state index in [9.17, 15) is 9.18 Å². The molecule has 1 aromatic carbocycles. The van der Waals surface area contributed by atoms with Gasteiger partial charge >= 0.3 is 0 Å². The van der Waals surface area contributed by atoms with E-state index >= 15 is 0 Å². The van der Waals surface area contributed by atoms with Gasteiger partial charge in [0.05, 0.1) is 0 Å². The molecule has 3 nitrogen and oxygen atoms in total. The second-order valence-electron chi connectivity index (χ2n) is 5.02. The summed E-state index contributed by atoms with van der Waals surface area (Å²) >= 11 is 1.54. The Labute approximate surface area is 130 Å². The molecule has 0 aliphatic heterocycles. The van der Waals surface area contributed by atoms with Crippen molar-refractivity contribution >= 4 is 17.7 Å². The molecule has 0 aliphatic rings. The number of aliphatic hydroxyl groups excluding tert-OH is 1. The van der Waals surface area contributed by atoms with Crippen molar-refractivity contribution in [1.82, 2.24) is 5.32 Å². The molecule has 0 saturated carbocycles. The molecule has 5 heteroatoms. The van der Waals surface area contributed by atoms with Crippen LogP contribution >= 0.6 is 11.8 Å². The van der Waals surface area contributed by atoms with Gasteiger partial charge in [0.25, 0.3) is 0 Å². The van der Waals surface area contributed by atoms with E-state index in [1.54, 1.807) is 23.9 Å².